The van der Waals surface area contributed by atoms with Gasteiger partial charge in [0.1, 0.15) is 5.76 Å². The molecule has 1 atom stereocenters. The molecule has 3 N–H and O–H groups in total. The summed E-state index contributed by atoms with van der Waals surface area (Å²) >= 11 is 1.21. The van der Waals surface area contributed by atoms with E-state index in [4.69, 9.17) is 4.42 Å². The number of alkyl halides is 3. The average Bonchev–Trinajstić information content (AvgIpc) is 3.39. The summed E-state index contributed by atoms with van der Waals surface area (Å²) in [5, 5.41) is 16.9. The van der Waals surface area contributed by atoms with Crippen LogP contribution in [0.2, 0.25) is 0 Å². The van der Waals surface area contributed by atoms with E-state index in [1.165, 1.54) is 35.8 Å². The molecule has 6 nitrogen and oxygen atoms in total. The molecule has 10 heteroatoms. The summed E-state index contributed by atoms with van der Waals surface area (Å²) in [6, 6.07) is 10.7. The number of carbonyl (C=O) groups excluding carboxylic acids is 2. The zero-order valence-electron chi connectivity index (χ0n) is 14.7. The van der Waals surface area contributed by atoms with Crippen LogP contribution in [0.4, 0.5) is 18.9 Å². The number of carbonyl (C=O) groups is 2. The standard InChI is InChI=1S/C19H15F3N2O4S/c20-19(21,22)12-5-1-2-6-13(12)24-17(26)16(25)23-11-18(27,14-7-3-9-28-14)15-8-4-10-29-15/h1-10,27H,11H2,(H,23,25)(H,24,26). The number of thiophene rings is 1. The van der Waals surface area contributed by atoms with E-state index in [-0.39, 0.29) is 5.76 Å². The number of para-hydroxylation sites is 1. The Morgan fingerprint density at radius 2 is 1.79 bits per heavy atom. The van der Waals surface area contributed by atoms with Crippen molar-refractivity contribution in [2.45, 2.75) is 11.8 Å². The van der Waals surface area contributed by atoms with Crippen LogP contribution in [0, 0.1) is 0 Å². The number of nitrogens with one attached hydrogen (secondary N) is 2. The smallest absolute Gasteiger partial charge is 0.418 e. The molecule has 0 fully saturated rings. The normalized spacial score (nSPS) is 13.5. The predicted molar refractivity (Wildman–Crippen MR) is 99.1 cm³/mol. The Balaban J connectivity index is 1.73. The molecule has 2 aromatic heterocycles. The number of aliphatic hydroxyl groups is 1. The zero-order chi connectivity index (χ0) is 21.1. The number of hydrogen-bond donors (Lipinski definition) is 3. The SMILES string of the molecule is O=C(NCC(O)(c1ccco1)c1cccs1)C(=O)Nc1ccccc1C(F)(F)F. The molecule has 0 bridgehead atoms. The van der Waals surface area contributed by atoms with Crippen LogP contribution in [-0.2, 0) is 21.4 Å². The number of furan rings is 1. The topological polar surface area (TPSA) is 91.6 Å². The molecule has 0 saturated carbocycles. The first-order valence-electron chi connectivity index (χ1n) is 8.27. The van der Waals surface area contributed by atoms with Crippen LogP contribution in [0.15, 0.2) is 64.6 Å². The van der Waals surface area contributed by atoms with Crippen molar-refractivity contribution in [1.29, 1.82) is 0 Å². The van der Waals surface area contributed by atoms with Gasteiger partial charge in [0.15, 0.2) is 5.60 Å². The number of anilines is 1. The van der Waals surface area contributed by atoms with Crippen molar-refractivity contribution in [1.82, 2.24) is 5.32 Å². The second kappa shape index (κ2) is 8.10. The fraction of sp³-hybridized carbons (Fsp3) is 0.158. The van der Waals surface area contributed by atoms with Crippen molar-refractivity contribution in [2.75, 3.05) is 11.9 Å². The second-order valence-corrected chi connectivity index (χ2v) is 6.94. The highest BCUT2D eigenvalue weighted by Crippen LogP contribution is 2.35. The lowest BCUT2D eigenvalue weighted by Gasteiger charge is -2.25. The lowest BCUT2D eigenvalue weighted by atomic mass is 9.98. The van der Waals surface area contributed by atoms with Gasteiger partial charge >= 0.3 is 18.0 Å². The number of rotatable bonds is 5. The van der Waals surface area contributed by atoms with Gasteiger partial charge in [-0.3, -0.25) is 9.59 Å². The molecule has 0 aliphatic carbocycles. The Morgan fingerprint density at radius 3 is 2.41 bits per heavy atom. The van der Waals surface area contributed by atoms with Gasteiger partial charge < -0.3 is 20.2 Å². The highest BCUT2D eigenvalue weighted by molar-refractivity contribution is 7.10. The third kappa shape index (κ3) is 4.49. The Hall–Kier alpha value is -3.11. The molecule has 3 rings (SSSR count). The molecule has 29 heavy (non-hydrogen) atoms. The van der Waals surface area contributed by atoms with E-state index in [0.717, 1.165) is 12.1 Å². The van der Waals surface area contributed by atoms with Gasteiger partial charge in [0.05, 0.1) is 24.1 Å². The monoisotopic (exact) mass is 424 g/mol. The average molecular weight is 424 g/mol. The van der Waals surface area contributed by atoms with Gasteiger partial charge in [-0.25, -0.2) is 0 Å². The van der Waals surface area contributed by atoms with Gasteiger partial charge in [0.2, 0.25) is 0 Å². The van der Waals surface area contributed by atoms with Crippen LogP contribution in [0.1, 0.15) is 16.2 Å². The maximum absolute atomic E-state index is 13.0. The number of hydrogen-bond acceptors (Lipinski definition) is 5. The molecule has 1 unspecified atom stereocenters. The highest BCUT2D eigenvalue weighted by atomic mass is 32.1. The molecule has 2 amide bonds. The minimum absolute atomic E-state index is 0.142. The number of amides is 2. The summed E-state index contributed by atoms with van der Waals surface area (Å²) in [7, 11) is 0. The minimum Gasteiger partial charge on any atom is -0.466 e. The molecule has 3 aromatic rings. The summed E-state index contributed by atoms with van der Waals surface area (Å²) in [4.78, 5) is 24.7. The molecular weight excluding hydrogens is 409 g/mol. The van der Waals surface area contributed by atoms with E-state index in [0.29, 0.717) is 4.88 Å². The van der Waals surface area contributed by atoms with Crippen molar-refractivity contribution in [3.8, 4) is 0 Å². The van der Waals surface area contributed by atoms with Crippen molar-refractivity contribution >= 4 is 28.8 Å². The van der Waals surface area contributed by atoms with Gasteiger partial charge in [-0.05, 0) is 35.7 Å². The molecule has 0 spiro atoms. The Labute approximate surface area is 167 Å². The van der Waals surface area contributed by atoms with Crippen LogP contribution in [-0.4, -0.2) is 23.5 Å². The molecular formula is C19H15F3N2O4S. The van der Waals surface area contributed by atoms with Gasteiger partial charge in [-0.2, -0.15) is 13.2 Å². The molecule has 2 heterocycles. The second-order valence-electron chi connectivity index (χ2n) is 6.00. The molecule has 0 radical (unpaired) electrons. The fourth-order valence-electron chi connectivity index (χ4n) is 2.63. The summed E-state index contributed by atoms with van der Waals surface area (Å²) < 4.78 is 44.3. The number of halogens is 3. The lowest BCUT2D eigenvalue weighted by molar-refractivity contribution is -0.138. The lowest BCUT2D eigenvalue weighted by Crippen LogP contribution is -2.44. The van der Waals surface area contributed by atoms with Gasteiger partial charge in [-0.1, -0.05) is 18.2 Å². The summed E-state index contributed by atoms with van der Waals surface area (Å²) in [6.45, 7) is -0.422. The Bertz CT molecular complexity index is 951. The van der Waals surface area contributed by atoms with Crippen LogP contribution in [0.25, 0.3) is 0 Å². The quantitative estimate of drug-likeness (QED) is 0.548. The summed E-state index contributed by atoms with van der Waals surface area (Å²) in [5.41, 5.74) is -3.36. The van der Waals surface area contributed by atoms with Gasteiger partial charge in [-0.15, -0.1) is 11.3 Å². The third-order valence-electron chi connectivity index (χ3n) is 4.05. The maximum atomic E-state index is 13.0. The first-order chi connectivity index (χ1) is 13.7. The Kier molecular flexibility index (Phi) is 5.76. The van der Waals surface area contributed by atoms with Crippen LogP contribution in [0.5, 0.6) is 0 Å². The minimum atomic E-state index is -4.70. The van der Waals surface area contributed by atoms with Crippen LogP contribution in [0.3, 0.4) is 0 Å². The predicted octanol–water partition coefficient (Wildman–Crippen LogP) is 3.35. The van der Waals surface area contributed by atoms with E-state index in [1.54, 1.807) is 23.6 Å². The third-order valence-corrected chi connectivity index (χ3v) is 5.07. The van der Waals surface area contributed by atoms with E-state index in [1.807, 2.05) is 5.32 Å². The highest BCUT2D eigenvalue weighted by Gasteiger charge is 2.37. The van der Waals surface area contributed by atoms with E-state index < -0.39 is 41.4 Å². The first kappa shape index (κ1) is 20.6. The van der Waals surface area contributed by atoms with Crippen molar-refractivity contribution < 1.29 is 32.3 Å². The van der Waals surface area contributed by atoms with Crippen molar-refractivity contribution in [3.05, 3.63) is 76.4 Å². The van der Waals surface area contributed by atoms with Gasteiger partial charge in [0, 0.05) is 4.88 Å². The van der Waals surface area contributed by atoms with Gasteiger partial charge in [0.25, 0.3) is 0 Å². The van der Waals surface area contributed by atoms with E-state index in [9.17, 15) is 27.9 Å². The fourth-order valence-corrected chi connectivity index (χ4v) is 3.46. The molecule has 0 aliphatic heterocycles. The van der Waals surface area contributed by atoms with E-state index >= 15 is 0 Å². The molecule has 0 aliphatic rings. The maximum Gasteiger partial charge on any atom is 0.418 e. The number of benzene rings is 1. The van der Waals surface area contributed by atoms with Crippen LogP contribution >= 0.6 is 11.3 Å². The Morgan fingerprint density at radius 1 is 1.03 bits per heavy atom. The molecule has 0 saturated heterocycles. The molecule has 152 valence electrons. The van der Waals surface area contributed by atoms with Crippen molar-refractivity contribution in [2.24, 2.45) is 0 Å². The van der Waals surface area contributed by atoms with Crippen LogP contribution < -0.4 is 10.6 Å². The largest absolute Gasteiger partial charge is 0.466 e. The zero-order valence-corrected chi connectivity index (χ0v) is 15.5. The van der Waals surface area contributed by atoms with Crippen molar-refractivity contribution in [3.63, 3.8) is 0 Å². The first-order valence-corrected chi connectivity index (χ1v) is 9.15. The van der Waals surface area contributed by atoms with E-state index in [2.05, 4.69) is 5.32 Å². The summed E-state index contributed by atoms with van der Waals surface area (Å²) in [6.07, 6.45) is -3.35. The molecule has 1 aromatic carbocycles. The summed E-state index contributed by atoms with van der Waals surface area (Å²) in [5.74, 6) is -2.36.